The van der Waals surface area contributed by atoms with Gasteiger partial charge in [0.15, 0.2) is 0 Å². The third-order valence-corrected chi connectivity index (χ3v) is 3.72. The molecule has 0 fully saturated rings. The van der Waals surface area contributed by atoms with Crippen LogP contribution in [0.4, 0.5) is 5.69 Å². The smallest absolute Gasteiger partial charge is 0.338 e. The fraction of sp³-hybridized carbons (Fsp3) is 0.133. The lowest BCUT2D eigenvalue weighted by molar-refractivity contribution is 0.0472. The lowest BCUT2D eigenvalue weighted by Gasteiger charge is -2.09. The van der Waals surface area contributed by atoms with E-state index in [0.29, 0.717) is 26.9 Å². The fourth-order valence-electron chi connectivity index (χ4n) is 1.80. The Hall–Kier alpha value is -1.71. The average Bonchev–Trinajstić information content (AvgIpc) is 2.40. The Kier molecular flexibility index (Phi) is 4.53. The minimum Gasteiger partial charge on any atom is -0.457 e. The quantitative estimate of drug-likeness (QED) is 0.681. The van der Waals surface area contributed by atoms with E-state index in [-0.39, 0.29) is 6.61 Å². The van der Waals surface area contributed by atoms with Crippen molar-refractivity contribution >= 4 is 34.9 Å². The number of aryl methyl sites for hydroxylation is 1. The number of carbonyl (C=O) groups excluding carboxylic acids is 1. The zero-order chi connectivity index (χ0) is 14.7. The highest BCUT2D eigenvalue weighted by Gasteiger charge is 2.12. The Labute approximate surface area is 127 Å². The molecule has 3 nitrogen and oxygen atoms in total. The average molecular weight is 310 g/mol. The Morgan fingerprint density at radius 3 is 2.70 bits per heavy atom. The SMILES string of the molecule is Cc1cc(N)ccc1C(=O)OCc1cccc(Cl)c1Cl. The number of hydrogen-bond acceptors (Lipinski definition) is 3. The number of esters is 1. The molecule has 0 aliphatic heterocycles. The van der Waals surface area contributed by atoms with Crippen molar-refractivity contribution in [3.63, 3.8) is 0 Å². The van der Waals surface area contributed by atoms with Gasteiger partial charge in [0.25, 0.3) is 0 Å². The highest BCUT2D eigenvalue weighted by Crippen LogP contribution is 2.26. The van der Waals surface area contributed by atoms with Gasteiger partial charge in [-0.1, -0.05) is 35.3 Å². The van der Waals surface area contributed by atoms with Crippen molar-refractivity contribution in [1.29, 1.82) is 0 Å². The molecule has 0 radical (unpaired) electrons. The van der Waals surface area contributed by atoms with Crippen LogP contribution in [0.25, 0.3) is 0 Å². The van der Waals surface area contributed by atoms with Gasteiger partial charge < -0.3 is 10.5 Å². The van der Waals surface area contributed by atoms with Crippen LogP contribution in [-0.4, -0.2) is 5.97 Å². The molecule has 0 unspecified atom stereocenters. The molecule has 104 valence electrons. The Balaban J connectivity index is 2.11. The molecule has 0 aliphatic rings. The van der Waals surface area contributed by atoms with Crippen molar-refractivity contribution < 1.29 is 9.53 Å². The van der Waals surface area contributed by atoms with Crippen molar-refractivity contribution in [2.24, 2.45) is 0 Å². The van der Waals surface area contributed by atoms with Crippen LogP contribution in [0.1, 0.15) is 21.5 Å². The fourth-order valence-corrected chi connectivity index (χ4v) is 2.17. The number of nitrogens with two attached hydrogens (primary N) is 1. The number of hydrogen-bond donors (Lipinski definition) is 1. The summed E-state index contributed by atoms with van der Waals surface area (Å²) in [5.74, 6) is -0.418. The highest BCUT2D eigenvalue weighted by atomic mass is 35.5. The second kappa shape index (κ2) is 6.16. The largest absolute Gasteiger partial charge is 0.457 e. The van der Waals surface area contributed by atoms with Crippen LogP contribution in [0.5, 0.6) is 0 Å². The minimum atomic E-state index is -0.418. The Morgan fingerprint density at radius 1 is 1.25 bits per heavy atom. The van der Waals surface area contributed by atoms with E-state index >= 15 is 0 Å². The zero-order valence-electron chi connectivity index (χ0n) is 10.8. The summed E-state index contributed by atoms with van der Waals surface area (Å²) in [6.45, 7) is 1.88. The molecule has 0 heterocycles. The van der Waals surface area contributed by atoms with E-state index in [1.54, 1.807) is 43.3 Å². The first-order valence-corrected chi connectivity index (χ1v) is 6.71. The second-order valence-corrected chi connectivity index (χ2v) is 5.15. The van der Waals surface area contributed by atoms with Crippen LogP contribution >= 0.6 is 23.2 Å². The summed E-state index contributed by atoms with van der Waals surface area (Å²) >= 11 is 11.9. The molecule has 0 bridgehead atoms. The third-order valence-electron chi connectivity index (χ3n) is 2.86. The molecule has 0 saturated heterocycles. The third kappa shape index (κ3) is 3.24. The standard InChI is InChI=1S/C15H13Cl2NO2/c1-9-7-11(18)5-6-12(9)15(19)20-8-10-3-2-4-13(16)14(10)17/h2-7H,8,18H2,1H3. The molecule has 0 saturated carbocycles. The highest BCUT2D eigenvalue weighted by molar-refractivity contribution is 6.42. The van der Waals surface area contributed by atoms with Crippen molar-refractivity contribution in [2.75, 3.05) is 5.73 Å². The second-order valence-electron chi connectivity index (χ2n) is 4.36. The number of ether oxygens (including phenoxy) is 1. The summed E-state index contributed by atoms with van der Waals surface area (Å²) in [5.41, 5.74) is 8.17. The van der Waals surface area contributed by atoms with Gasteiger partial charge in [-0.3, -0.25) is 0 Å². The molecule has 0 aromatic heterocycles. The number of rotatable bonds is 3. The first-order valence-electron chi connectivity index (χ1n) is 5.95. The summed E-state index contributed by atoms with van der Waals surface area (Å²) in [6.07, 6.45) is 0. The van der Waals surface area contributed by atoms with Gasteiger partial charge in [-0.25, -0.2) is 4.79 Å². The van der Waals surface area contributed by atoms with E-state index in [0.717, 1.165) is 5.56 Å². The summed E-state index contributed by atoms with van der Waals surface area (Å²) in [4.78, 5) is 12.0. The monoisotopic (exact) mass is 309 g/mol. The first-order chi connectivity index (χ1) is 9.49. The summed E-state index contributed by atoms with van der Waals surface area (Å²) in [7, 11) is 0. The molecule has 20 heavy (non-hydrogen) atoms. The molecule has 2 N–H and O–H groups in total. The van der Waals surface area contributed by atoms with Crippen molar-refractivity contribution in [2.45, 2.75) is 13.5 Å². The van der Waals surface area contributed by atoms with Crippen molar-refractivity contribution in [1.82, 2.24) is 0 Å². The molecule has 0 aliphatic carbocycles. The molecule has 2 aromatic rings. The summed E-state index contributed by atoms with van der Waals surface area (Å²) < 4.78 is 5.25. The molecule has 2 aromatic carbocycles. The van der Waals surface area contributed by atoms with E-state index in [9.17, 15) is 4.79 Å². The van der Waals surface area contributed by atoms with Crippen LogP contribution in [0, 0.1) is 6.92 Å². The van der Waals surface area contributed by atoms with E-state index in [1.165, 1.54) is 0 Å². The molecule has 0 amide bonds. The maximum absolute atomic E-state index is 12.0. The molecule has 2 rings (SSSR count). The molecular weight excluding hydrogens is 297 g/mol. The number of halogens is 2. The van der Waals surface area contributed by atoms with Gasteiger partial charge >= 0.3 is 5.97 Å². The summed E-state index contributed by atoms with van der Waals surface area (Å²) in [5, 5.41) is 0.833. The predicted octanol–water partition coefficient (Wildman–Crippen LogP) is 4.24. The van der Waals surface area contributed by atoms with E-state index < -0.39 is 5.97 Å². The van der Waals surface area contributed by atoms with Crippen LogP contribution in [0.15, 0.2) is 36.4 Å². The maximum Gasteiger partial charge on any atom is 0.338 e. The van der Waals surface area contributed by atoms with Crippen molar-refractivity contribution in [3.8, 4) is 0 Å². The lowest BCUT2D eigenvalue weighted by atomic mass is 10.1. The Bertz CT molecular complexity index is 656. The van der Waals surface area contributed by atoms with E-state index in [2.05, 4.69) is 0 Å². The predicted molar refractivity (Wildman–Crippen MR) is 81.2 cm³/mol. The van der Waals surface area contributed by atoms with Gasteiger partial charge in [0.1, 0.15) is 6.61 Å². The maximum atomic E-state index is 12.0. The number of carbonyl (C=O) groups is 1. The van der Waals surface area contributed by atoms with Gasteiger partial charge in [0, 0.05) is 11.3 Å². The topological polar surface area (TPSA) is 52.3 Å². The van der Waals surface area contributed by atoms with Crippen LogP contribution in [-0.2, 0) is 11.3 Å². The molecular formula is C15H13Cl2NO2. The van der Waals surface area contributed by atoms with Crippen molar-refractivity contribution in [3.05, 3.63) is 63.1 Å². The number of benzene rings is 2. The van der Waals surface area contributed by atoms with Gasteiger partial charge in [-0.2, -0.15) is 0 Å². The lowest BCUT2D eigenvalue weighted by Crippen LogP contribution is -2.07. The zero-order valence-corrected chi connectivity index (χ0v) is 12.3. The van der Waals surface area contributed by atoms with Gasteiger partial charge in [-0.05, 0) is 36.8 Å². The molecule has 0 spiro atoms. The van der Waals surface area contributed by atoms with Crippen LogP contribution in [0.2, 0.25) is 10.0 Å². The van der Waals surface area contributed by atoms with E-state index in [4.69, 9.17) is 33.7 Å². The molecule has 5 heteroatoms. The first kappa shape index (κ1) is 14.7. The van der Waals surface area contributed by atoms with Gasteiger partial charge in [0.2, 0.25) is 0 Å². The van der Waals surface area contributed by atoms with Crippen LogP contribution in [0.3, 0.4) is 0 Å². The number of anilines is 1. The molecule has 0 atom stereocenters. The summed E-state index contributed by atoms with van der Waals surface area (Å²) in [6, 6.07) is 10.2. The Morgan fingerprint density at radius 2 is 2.00 bits per heavy atom. The van der Waals surface area contributed by atoms with Gasteiger partial charge in [-0.15, -0.1) is 0 Å². The normalized spacial score (nSPS) is 10.3. The van der Waals surface area contributed by atoms with E-state index in [1.807, 2.05) is 0 Å². The van der Waals surface area contributed by atoms with Crippen LogP contribution < -0.4 is 5.73 Å². The number of nitrogen functional groups attached to an aromatic ring is 1. The van der Waals surface area contributed by atoms with Gasteiger partial charge in [0.05, 0.1) is 15.6 Å². The minimum absolute atomic E-state index is 0.0715.